The second-order valence-corrected chi connectivity index (χ2v) is 4.95. The van der Waals surface area contributed by atoms with Crippen molar-refractivity contribution in [3.63, 3.8) is 0 Å². The van der Waals surface area contributed by atoms with E-state index in [-0.39, 0.29) is 5.69 Å². The second kappa shape index (κ2) is 5.99. The molecule has 0 saturated heterocycles. The van der Waals surface area contributed by atoms with Crippen LogP contribution < -0.4 is 10.6 Å². The van der Waals surface area contributed by atoms with Gasteiger partial charge in [-0.05, 0) is 25.0 Å². The number of unbranched alkanes of at least 4 members (excludes halogenated alkanes) is 2. The minimum Gasteiger partial charge on any atom is -0.358 e. The fraction of sp³-hybridized carbons (Fsp3) is 0.545. The minimum atomic E-state index is -0.306. The van der Waals surface area contributed by atoms with Crippen molar-refractivity contribution in [3.05, 3.63) is 22.6 Å². The molecule has 2 heterocycles. The number of aromatic amines is 1. The lowest BCUT2D eigenvalue weighted by Crippen LogP contribution is -2.22. The van der Waals surface area contributed by atoms with Gasteiger partial charge >= 0.3 is 5.69 Å². The zero-order valence-electron chi connectivity index (χ0n) is 10.3. The van der Waals surface area contributed by atoms with Gasteiger partial charge in [0.05, 0.1) is 0 Å². The van der Waals surface area contributed by atoms with Crippen molar-refractivity contribution < 1.29 is 0 Å². The van der Waals surface area contributed by atoms with Gasteiger partial charge in [-0.15, -0.1) is 5.10 Å². The van der Waals surface area contributed by atoms with Crippen LogP contribution in [-0.2, 0) is 0 Å². The second-order valence-electron chi connectivity index (χ2n) is 4.16. The zero-order valence-corrected chi connectivity index (χ0v) is 11.9. The molecule has 1 N–H and O–H groups in total. The monoisotopic (exact) mass is 313 g/mol. The van der Waals surface area contributed by atoms with Gasteiger partial charge < -0.3 is 4.90 Å². The van der Waals surface area contributed by atoms with Crippen molar-refractivity contribution in [2.75, 3.05) is 23.8 Å². The molecule has 0 spiro atoms. The standard InChI is InChI=1S/C11H16BrN5O/c1-16(8-4-2-3-7-12)10-6-5-9-13-14-11(18)17(9)15-10/h5-6H,2-4,7-8H2,1H3,(H,14,18). The molecule has 2 rings (SSSR count). The number of hydrogen-bond donors (Lipinski definition) is 1. The Morgan fingerprint density at radius 2 is 2.22 bits per heavy atom. The lowest BCUT2D eigenvalue weighted by molar-refractivity contribution is 0.700. The van der Waals surface area contributed by atoms with Crippen LogP contribution in [0.5, 0.6) is 0 Å². The molecular weight excluding hydrogens is 298 g/mol. The first kappa shape index (κ1) is 13.1. The van der Waals surface area contributed by atoms with E-state index in [0.717, 1.165) is 24.1 Å². The first-order chi connectivity index (χ1) is 8.72. The van der Waals surface area contributed by atoms with Crippen molar-refractivity contribution in [2.45, 2.75) is 19.3 Å². The molecule has 7 heteroatoms. The number of nitrogens with one attached hydrogen (secondary N) is 1. The summed E-state index contributed by atoms with van der Waals surface area (Å²) in [6.45, 7) is 0.929. The smallest absolute Gasteiger partial charge is 0.358 e. The fourth-order valence-corrected chi connectivity index (χ4v) is 2.13. The summed E-state index contributed by atoms with van der Waals surface area (Å²) < 4.78 is 1.28. The van der Waals surface area contributed by atoms with E-state index >= 15 is 0 Å². The Hall–Kier alpha value is -1.37. The Balaban J connectivity index is 2.05. The summed E-state index contributed by atoms with van der Waals surface area (Å²) >= 11 is 3.42. The first-order valence-electron chi connectivity index (χ1n) is 5.94. The van der Waals surface area contributed by atoms with Gasteiger partial charge in [0.1, 0.15) is 5.82 Å². The molecule has 0 saturated carbocycles. The Labute approximate surface area is 113 Å². The number of halogens is 1. The molecule has 18 heavy (non-hydrogen) atoms. The predicted octanol–water partition coefficient (Wildman–Crippen LogP) is 1.42. The molecule has 2 aromatic heterocycles. The number of H-pyrrole nitrogens is 1. The summed E-state index contributed by atoms with van der Waals surface area (Å²) in [5.74, 6) is 0.782. The van der Waals surface area contributed by atoms with Crippen LogP contribution in [0.2, 0.25) is 0 Å². The van der Waals surface area contributed by atoms with Crippen molar-refractivity contribution in [1.29, 1.82) is 0 Å². The minimum absolute atomic E-state index is 0.306. The largest absolute Gasteiger partial charge is 0.364 e. The molecule has 0 fully saturated rings. The van der Waals surface area contributed by atoms with Crippen molar-refractivity contribution in [3.8, 4) is 0 Å². The van der Waals surface area contributed by atoms with Crippen molar-refractivity contribution in [2.24, 2.45) is 0 Å². The lowest BCUT2D eigenvalue weighted by atomic mass is 10.2. The van der Waals surface area contributed by atoms with E-state index in [0.29, 0.717) is 5.65 Å². The maximum absolute atomic E-state index is 11.4. The van der Waals surface area contributed by atoms with Crippen LogP contribution in [-0.4, -0.2) is 38.7 Å². The van der Waals surface area contributed by atoms with Gasteiger partial charge in [-0.3, -0.25) is 0 Å². The Kier molecular flexibility index (Phi) is 4.35. The topological polar surface area (TPSA) is 66.3 Å². The molecular formula is C11H16BrN5O. The highest BCUT2D eigenvalue weighted by atomic mass is 79.9. The third-order valence-corrected chi connectivity index (χ3v) is 3.34. The summed E-state index contributed by atoms with van der Waals surface area (Å²) in [6.07, 6.45) is 3.48. The Morgan fingerprint density at radius 1 is 1.39 bits per heavy atom. The number of anilines is 1. The molecule has 0 atom stereocenters. The van der Waals surface area contributed by atoms with Gasteiger partial charge in [0, 0.05) is 18.9 Å². The summed E-state index contributed by atoms with van der Waals surface area (Å²) in [4.78, 5) is 13.5. The summed E-state index contributed by atoms with van der Waals surface area (Å²) in [5.41, 5.74) is 0.232. The number of hydrogen-bond acceptors (Lipinski definition) is 4. The number of fused-ring (bicyclic) bond motifs is 1. The van der Waals surface area contributed by atoms with E-state index in [2.05, 4.69) is 31.2 Å². The Bertz CT molecular complexity index is 564. The SMILES string of the molecule is CN(CCCCCBr)c1ccc2n[nH]c(=O)n2n1. The molecule has 0 aliphatic heterocycles. The van der Waals surface area contributed by atoms with Gasteiger partial charge in [0.25, 0.3) is 0 Å². The molecule has 0 radical (unpaired) electrons. The normalized spacial score (nSPS) is 11.0. The number of aromatic nitrogens is 4. The predicted molar refractivity (Wildman–Crippen MR) is 74.5 cm³/mol. The fourth-order valence-electron chi connectivity index (χ4n) is 1.73. The van der Waals surface area contributed by atoms with Gasteiger partial charge in [0.2, 0.25) is 0 Å². The van der Waals surface area contributed by atoms with Gasteiger partial charge in [-0.25, -0.2) is 9.89 Å². The van der Waals surface area contributed by atoms with Crippen LogP contribution in [0, 0.1) is 0 Å². The van der Waals surface area contributed by atoms with Gasteiger partial charge in [-0.1, -0.05) is 22.4 Å². The molecule has 6 nitrogen and oxygen atoms in total. The van der Waals surface area contributed by atoms with Gasteiger partial charge in [0.15, 0.2) is 5.65 Å². The summed E-state index contributed by atoms with van der Waals surface area (Å²) in [6, 6.07) is 3.66. The number of alkyl halides is 1. The summed E-state index contributed by atoms with van der Waals surface area (Å²) in [5, 5.41) is 11.5. The maximum Gasteiger partial charge on any atom is 0.364 e. The van der Waals surface area contributed by atoms with E-state index in [1.54, 1.807) is 6.07 Å². The highest BCUT2D eigenvalue weighted by Gasteiger charge is 2.06. The maximum atomic E-state index is 11.4. The first-order valence-corrected chi connectivity index (χ1v) is 7.06. The highest BCUT2D eigenvalue weighted by molar-refractivity contribution is 9.09. The van der Waals surface area contributed by atoms with E-state index in [1.165, 1.54) is 17.4 Å². The molecule has 0 aliphatic rings. The molecule has 0 unspecified atom stereocenters. The average Bonchev–Trinajstić information content (AvgIpc) is 2.76. The van der Waals surface area contributed by atoms with E-state index in [4.69, 9.17) is 0 Å². The van der Waals surface area contributed by atoms with Crippen LogP contribution in [0.15, 0.2) is 16.9 Å². The van der Waals surface area contributed by atoms with E-state index in [1.807, 2.05) is 18.0 Å². The quantitative estimate of drug-likeness (QED) is 0.647. The van der Waals surface area contributed by atoms with Crippen LogP contribution in [0.25, 0.3) is 5.65 Å². The van der Waals surface area contributed by atoms with Crippen LogP contribution in [0.3, 0.4) is 0 Å². The number of nitrogens with zero attached hydrogens (tertiary/aromatic N) is 4. The molecule has 0 aliphatic carbocycles. The van der Waals surface area contributed by atoms with E-state index in [9.17, 15) is 4.79 Å². The zero-order chi connectivity index (χ0) is 13.0. The van der Waals surface area contributed by atoms with Crippen LogP contribution in [0.4, 0.5) is 5.82 Å². The van der Waals surface area contributed by atoms with Crippen LogP contribution >= 0.6 is 15.9 Å². The lowest BCUT2D eigenvalue weighted by Gasteiger charge is -2.17. The third kappa shape index (κ3) is 2.90. The van der Waals surface area contributed by atoms with Crippen molar-refractivity contribution >= 4 is 27.4 Å². The van der Waals surface area contributed by atoms with E-state index < -0.39 is 0 Å². The summed E-state index contributed by atoms with van der Waals surface area (Å²) in [7, 11) is 1.98. The van der Waals surface area contributed by atoms with Crippen molar-refractivity contribution in [1.82, 2.24) is 19.8 Å². The molecule has 98 valence electrons. The van der Waals surface area contributed by atoms with Crippen LogP contribution in [0.1, 0.15) is 19.3 Å². The molecule has 0 aromatic carbocycles. The highest BCUT2D eigenvalue weighted by Crippen LogP contribution is 2.09. The molecule has 0 amide bonds. The average molecular weight is 314 g/mol. The van der Waals surface area contributed by atoms with Gasteiger partial charge in [-0.2, -0.15) is 9.61 Å². The Morgan fingerprint density at radius 3 is 3.00 bits per heavy atom. The molecule has 2 aromatic rings. The number of rotatable bonds is 6. The third-order valence-electron chi connectivity index (χ3n) is 2.78. The molecule has 0 bridgehead atoms.